The average molecular weight is 745 g/mol. The largest absolute Gasteiger partial charge is 0.481 e. The molecule has 0 saturated carbocycles. The third kappa shape index (κ3) is 34.0. The van der Waals surface area contributed by atoms with Crippen molar-refractivity contribution >= 4 is 35.4 Å². The molecule has 0 aliphatic rings. The van der Waals surface area contributed by atoms with Gasteiger partial charge in [-0.15, -0.1) is 0 Å². The van der Waals surface area contributed by atoms with Gasteiger partial charge in [0.05, 0.1) is 39.6 Å². The Bertz CT molecular complexity index is 983. The van der Waals surface area contributed by atoms with Crippen molar-refractivity contribution in [3.05, 3.63) is 0 Å². The molecule has 0 fully saturated rings. The molecule has 0 aliphatic carbocycles. The quantitative estimate of drug-likeness (QED) is 0.0584. The van der Waals surface area contributed by atoms with Crippen molar-refractivity contribution in [2.75, 3.05) is 65.9 Å². The molecule has 0 aromatic carbocycles. The fraction of sp³-hybridized carbons (Fsp3) is 0.838. The number of ether oxygens (including phenoxy) is 4. The third-order valence-electron chi connectivity index (χ3n) is 7.96. The van der Waals surface area contributed by atoms with Gasteiger partial charge in [0.25, 0.3) is 0 Å². The van der Waals surface area contributed by atoms with Crippen LogP contribution in [0, 0.1) is 0 Å². The van der Waals surface area contributed by atoms with Crippen LogP contribution in [-0.2, 0) is 47.7 Å². The number of amides is 4. The van der Waals surface area contributed by atoms with Crippen LogP contribution in [0.2, 0.25) is 0 Å². The van der Waals surface area contributed by atoms with Crippen LogP contribution in [-0.4, -0.2) is 119 Å². The molecule has 0 bridgehead atoms. The summed E-state index contributed by atoms with van der Waals surface area (Å²) in [7, 11) is 0. The molecule has 0 rings (SSSR count). The minimum Gasteiger partial charge on any atom is -0.481 e. The van der Waals surface area contributed by atoms with Gasteiger partial charge in [0.1, 0.15) is 25.3 Å². The van der Waals surface area contributed by atoms with Gasteiger partial charge in [-0.2, -0.15) is 0 Å². The number of hydrogen-bond acceptors (Lipinski definition) is 10. The molecule has 0 spiro atoms. The van der Waals surface area contributed by atoms with Crippen LogP contribution in [0.25, 0.3) is 0 Å². The lowest BCUT2D eigenvalue weighted by Crippen LogP contribution is -2.51. The highest BCUT2D eigenvalue weighted by Crippen LogP contribution is 2.14. The maximum atomic E-state index is 12.5. The van der Waals surface area contributed by atoms with E-state index in [1.54, 1.807) is 13.8 Å². The van der Waals surface area contributed by atoms with Crippen molar-refractivity contribution in [1.29, 1.82) is 0 Å². The molecule has 0 aliphatic heterocycles. The van der Waals surface area contributed by atoms with Gasteiger partial charge in [0.15, 0.2) is 5.78 Å². The van der Waals surface area contributed by atoms with E-state index in [0.717, 1.165) is 44.9 Å². The predicted molar refractivity (Wildman–Crippen MR) is 197 cm³/mol. The first-order valence-electron chi connectivity index (χ1n) is 19.2. The topological polar surface area (TPSA) is 208 Å². The van der Waals surface area contributed by atoms with E-state index in [9.17, 15) is 28.8 Å². The maximum absolute atomic E-state index is 12.5. The second-order valence-electron chi connectivity index (χ2n) is 13.0. The molecule has 15 heteroatoms. The zero-order valence-electron chi connectivity index (χ0n) is 32.1. The van der Waals surface area contributed by atoms with E-state index < -0.39 is 24.0 Å². The molecule has 5 N–H and O–H groups in total. The number of carbonyl (C=O) groups is 6. The number of carboxylic acid groups (broad SMARTS) is 1. The molecule has 0 aromatic rings. The zero-order valence-corrected chi connectivity index (χ0v) is 32.1. The Kier molecular flexibility index (Phi) is 32.8. The van der Waals surface area contributed by atoms with Gasteiger partial charge in [-0.1, -0.05) is 77.0 Å². The van der Waals surface area contributed by atoms with Crippen molar-refractivity contribution in [3.63, 3.8) is 0 Å². The molecule has 2 unspecified atom stereocenters. The number of hydrogen-bond donors (Lipinski definition) is 5. The van der Waals surface area contributed by atoms with E-state index in [-0.39, 0.29) is 69.5 Å². The molecular formula is C37H68N4O11. The highest BCUT2D eigenvalue weighted by Gasteiger charge is 2.20. The van der Waals surface area contributed by atoms with Crippen LogP contribution in [0.4, 0.5) is 0 Å². The maximum Gasteiger partial charge on any atom is 0.303 e. The second kappa shape index (κ2) is 34.9. The molecule has 0 radical (unpaired) electrons. The lowest BCUT2D eigenvalue weighted by molar-refractivity contribution is -0.137. The SMILES string of the molecule is CC(=O)COCCOCCNC(=O)COCCOCCNC(=O)C(C)NC(=O)C(C)NC(=O)CCCCCCCCCCCCCCCCC(=O)O. The van der Waals surface area contributed by atoms with Gasteiger partial charge < -0.3 is 45.3 Å². The van der Waals surface area contributed by atoms with E-state index in [0.29, 0.717) is 32.8 Å². The van der Waals surface area contributed by atoms with Crippen LogP contribution < -0.4 is 21.3 Å². The van der Waals surface area contributed by atoms with Gasteiger partial charge in [-0.3, -0.25) is 28.8 Å². The molecule has 0 saturated heterocycles. The van der Waals surface area contributed by atoms with E-state index in [1.807, 2.05) is 0 Å². The van der Waals surface area contributed by atoms with Crippen molar-refractivity contribution in [2.45, 2.75) is 136 Å². The number of carboxylic acids is 1. The van der Waals surface area contributed by atoms with Crippen molar-refractivity contribution < 1.29 is 52.8 Å². The van der Waals surface area contributed by atoms with Gasteiger partial charge >= 0.3 is 5.97 Å². The Morgan fingerprint density at radius 2 is 0.904 bits per heavy atom. The highest BCUT2D eigenvalue weighted by molar-refractivity contribution is 5.91. The van der Waals surface area contributed by atoms with Gasteiger partial charge in [-0.05, 0) is 33.6 Å². The van der Waals surface area contributed by atoms with Crippen molar-refractivity contribution in [1.82, 2.24) is 21.3 Å². The van der Waals surface area contributed by atoms with Gasteiger partial charge in [0, 0.05) is 25.9 Å². The Balaban J connectivity index is 3.67. The molecular weight excluding hydrogens is 676 g/mol. The van der Waals surface area contributed by atoms with Crippen LogP contribution in [0.1, 0.15) is 124 Å². The number of ketones is 1. The Labute approximate surface area is 310 Å². The summed E-state index contributed by atoms with van der Waals surface area (Å²) < 4.78 is 21.0. The summed E-state index contributed by atoms with van der Waals surface area (Å²) in [5.74, 6) is -2.04. The highest BCUT2D eigenvalue weighted by atomic mass is 16.5. The lowest BCUT2D eigenvalue weighted by Gasteiger charge is -2.18. The number of aliphatic carboxylic acids is 1. The zero-order chi connectivity index (χ0) is 38.7. The number of Topliss-reactive ketones (excluding diaryl/α,β-unsaturated/α-hetero) is 1. The fourth-order valence-corrected chi connectivity index (χ4v) is 5.00. The van der Waals surface area contributed by atoms with E-state index >= 15 is 0 Å². The van der Waals surface area contributed by atoms with E-state index in [1.165, 1.54) is 51.9 Å². The average Bonchev–Trinajstić information content (AvgIpc) is 3.09. The standard InChI is InChI=1S/C37H68N4O11/c1-30(42)28-51-26-24-49-22-20-38-34(44)29-52-27-25-50-23-21-39-36(47)31(2)41-37(48)32(3)40-33(43)18-16-14-12-10-8-6-4-5-7-9-11-13-15-17-19-35(45)46/h31-32H,4-29H2,1-3H3,(H,38,44)(H,39,47)(H,40,43)(H,41,48)(H,45,46). The monoisotopic (exact) mass is 744 g/mol. The van der Waals surface area contributed by atoms with Gasteiger partial charge in [0.2, 0.25) is 23.6 Å². The van der Waals surface area contributed by atoms with Crippen LogP contribution in [0.5, 0.6) is 0 Å². The molecule has 15 nitrogen and oxygen atoms in total. The first kappa shape index (κ1) is 48.9. The first-order chi connectivity index (χ1) is 25.0. The lowest BCUT2D eigenvalue weighted by atomic mass is 10.0. The molecule has 4 amide bonds. The van der Waals surface area contributed by atoms with Crippen LogP contribution in [0.3, 0.4) is 0 Å². The summed E-state index contributed by atoms with van der Waals surface area (Å²) in [6, 6.07) is -1.55. The third-order valence-corrected chi connectivity index (χ3v) is 7.96. The normalized spacial score (nSPS) is 12.1. The second-order valence-corrected chi connectivity index (χ2v) is 13.0. The summed E-state index contributed by atoms with van der Waals surface area (Å²) in [4.78, 5) is 70.1. The van der Waals surface area contributed by atoms with Crippen molar-refractivity contribution in [3.8, 4) is 0 Å². The minimum atomic E-state index is -0.791. The number of rotatable bonds is 37. The first-order valence-corrected chi connectivity index (χ1v) is 19.2. The molecule has 0 heterocycles. The van der Waals surface area contributed by atoms with Gasteiger partial charge in [-0.25, -0.2) is 0 Å². The summed E-state index contributed by atoms with van der Waals surface area (Å²) in [6.45, 7) is 6.70. The fourth-order valence-electron chi connectivity index (χ4n) is 5.00. The minimum absolute atomic E-state index is 0.0505. The van der Waals surface area contributed by atoms with Crippen LogP contribution in [0.15, 0.2) is 0 Å². The molecule has 302 valence electrons. The summed E-state index contributed by atoms with van der Waals surface area (Å²) in [5.41, 5.74) is 0. The summed E-state index contributed by atoms with van der Waals surface area (Å²) >= 11 is 0. The number of unbranched alkanes of at least 4 members (excludes halogenated alkanes) is 13. The Morgan fingerprint density at radius 3 is 1.40 bits per heavy atom. The Morgan fingerprint density at radius 1 is 0.481 bits per heavy atom. The molecule has 2 atom stereocenters. The summed E-state index contributed by atoms with van der Waals surface area (Å²) in [6.07, 6.45) is 16.2. The van der Waals surface area contributed by atoms with E-state index in [4.69, 9.17) is 24.1 Å². The smallest absolute Gasteiger partial charge is 0.303 e. The summed E-state index contributed by atoms with van der Waals surface area (Å²) in [5, 5.41) is 19.3. The number of carbonyl (C=O) groups excluding carboxylic acids is 5. The van der Waals surface area contributed by atoms with Crippen LogP contribution >= 0.6 is 0 Å². The van der Waals surface area contributed by atoms with E-state index in [2.05, 4.69) is 21.3 Å². The van der Waals surface area contributed by atoms with Crippen molar-refractivity contribution in [2.24, 2.45) is 0 Å². The predicted octanol–water partition coefficient (Wildman–Crippen LogP) is 3.21. The molecule has 52 heavy (non-hydrogen) atoms. The number of nitrogens with one attached hydrogen (secondary N) is 4. The Hall–Kier alpha value is -3.14. The molecule has 0 aromatic heterocycles.